The molecule has 138 valence electrons. The molecule has 0 amide bonds. The average molecular weight is 399 g/mol. The number of sulfonamides is 1. The van der Waals surface area contributed by atoms with Crippen LogP contribution in [0.3, 0.4) is 0 Å². The normalized spacial score (nSPS) is 14.3. The first-order valence-corrected chi connectivity index (χ1v) is 9.66. The third-order valence-corrected chi connectivity index (χ3v) is 5.70. The Hall–Kier alpha value is -2.30. The summed E-state index contributed by atoms with van der Waals surface area (Å²) < 4.78 is 28.1. The van der Waals surface area contributed by atoms with E-state index in [2.05, 4.69) is 9.82 Å². The lowest BCUT2D eigenvalue weighted by atomic mass is 10.3. The molecule has 9 nitrogen and oxygen atoms in total. The minimum Gasteiger partial charge on any atom is -0.268 e. The van der Waals surface area contributed by atoms with E-state index in [1.807, 2.05) is 0 Å². The van der Waals surface area contributed by atoms with Gasteiger partial charge in [0.25, 0.3) is 11.2 Å². The van der Waals surface area contributed by atoms with E-state index in [1.54, 1.807) is 6.07 Å². The fourth-order valence-corrected chi connectivity index (χ4v) is 3.62. The van der Waals surface area contributed by atoms with Gasteiger partial charge in [-0.2, -0.15) is 5.10 Å². The molecule has 26 heavy (non-hydrogen) atoms. The average Bonchev–Trinajstić information content (AvgIpc) is 3.41. The highest BCUT2D eigenvalue weighted by Crippen LogP contribution is 2.38. The Morgan fingerprint density at radius 2 is 2.04 bits per heavy atom. The fourth-order valence-electron chi connectivity index (χ4n) is 2.39. The van der Waals surface area contributed by atoms with Crippen molar-refractivity contribution in [2.45, 2.75) is 30.2 Å². The van der Waals surface area contributed by atoms with Gasteiger partial charge in [-0.1, -0.05) is 11.6 Å². The zero-order valence-corrected chi connectivity index (χ0v) is 15.0. The Morgan fingerprint density at radius 1 is 1.31 bits per heavy atom. The molecule has 0 unspecified atom stereocenters. The first-order chi connectivity index (χ1) is 12.3. The van der Waals surface area contributed by atoms with Crippen molar-refractivity contribution >= 4 is 27.3 Å². The van der Waals surface area contributed by atoms with Crippen LogP contribution in [-0.2, 0) is 16.6 Å². The third kappa shape index (κ3) is 4.09. The van der Waals surface area contributed by atoms with Crippen LogP contribution in [0.25, 0.3) is 0 Å². The van der Waals surface area contributed by atoms with E-state index < -0.39 is 20.6 Å². The van der Waals surface area contributed by atoms with Gasteiger partial charge in [0.15, 0.2) is 0 Å². The van der Waals surface area contributed by atoms with Gasteiger partial charge in [0.2, 0.25) is 10.0 Å². The standard InChI is InChI=1S/C15H15ClN4O5S/c16-12-4-3-11(9-14(12)20(22)23)26(24,25)17-7-8-19-15(21)6-5-13(18-19)10-1-2-10/h3-6,9-10,17H,1-2,7-8H2. The van der Waals surface area contributed by atoms with Crippen LogP contribution in [0.1, 0.15) is 24.5 Å². The summed E-state index contributed by atoms with van der Waals surface area (Å²) in [6, 6.07) is 6.32. The lowest BCUT2D eigenvalue weighted by molar-refractivity contribution is -0.384. The third-order valence-electron chi connectivity index (χ3n) is 3.92. The number of nitrogens with zero attached hydrogens (tertiary/aromatic N) is 3. The van der Waals surface area contributed by atoms with Crippen LogP contribution < -0.4 is 10.3 Å². The van der Waals surface area contributed by atoms with Gasteiger partial charge in [0, 0.05) is 24.6 Å². The van der Waals surface area contributed by atoms with Gasteiger partial charge in [-0.3, -0.25) is 14.9 Å². The number of nitro groups is 1. The summed E-state index contributed by atoms with van der Waals surface area (Å²) in [5, 5.41) is 15.0. The van der Waals surface area contributed by atoms with Crippen LogP contribution in [0.5, 0.6) is 0 Å². The number of aromatic nitrogens is 2. The maximum Gasteiger partial charge on any atom is 0.289 e. The molecule has 1 aliphatic rings. The molecule has 2 aromatic rings. The Labute approximate surface area is 153 Å². The largest absolute Gasteiger partial charge is 0.289 e. The highest BCUT2D eigenvalue weighted by Gasteiger charge is 2.25. The molecule has 0 spiro atoms. The summed E-state index contributed by atoms with van der Waals surface area (Å²) in [6.07, 6.45) is 2.07. The zero-order valence-electron chi connectivity index (χ0n) is 13.5. The number of hydrogen-bond acceptors (Lipinski definition) is 6. The summed E-state index contributed by atoms with van der Waals surface area (Å²) >= 11 is 5.69. The number of nitro benzene ring substituents is 1. The highest BCUT2D eigenvalue weighted by molar-refractivity contribution is 7.89. The van der Waals surface area contributed by atoms with Crippen LogP contribution in [0.2, 0.25) is 5.02 Å². The first kappa shape index (κ1) is 18.5. The molecule has 1 fully saturated rings. The van der Waals surface area contributed by atoms with Crippen LogP contribution in [0.15, 0.2) is 40.0 Å². The Bertz CT molecular complexity index is 1020. The van der Waals surface area contributed by atoms with Gasteiger partial charge in [0.1, 0.15) is 5.02 Å². The van der Waals surface area contributed by atoms with Crippen molar-refractivity contribution in [3.05, 3.63) is 61.5 Å². The summed E-state index contributed by atoms with van der Waals surface area (Å²) in [6.45, 7) is -0.0336. The van der Waals surface area contributed by atoms with Gasteiger partial charge in [-0.05, 0) is 31.0 Å². The molecule has 0 aliphatic heterocycles. The zero-order chi connectivity index (χ0) is 18.9. The second-order valence-corrected chi connectivity index (χ2v) is 8.04. The number of benzene rings is 1. The SMILES string of the molecule is O=c1ccc(C2CC2)nn1CCNS(=O)(=O)c1ccc(Cl)c([N+](=O)[O-])c1. The molecule has 0 radical (unpaired) electrons. The molecule has 1 aromatic carbocycles. The second kappa shape index (κ2) is 7.14. The van der Waals surface area contributed by atoms with Gasteiger partial charge < -0.3 is 0 Å². The van der Waals surface area contributed by atoms with Crippen molar-refractivity contribution in [2.75, 3.05) is 6.54 Å². The van der Waals surface area contributed by atoms with E-state index in [9.17, 15) is 23.3 Å². The lowest BCUT2D eigenvalue weighted by Gasteiger charge is -2.09. The smallest absolute Gasteiger partial charge is 0.268 e. The molecular formula is C15H15ClN4O5S. The molecule has 11 heteroatoms. The molecule has 1 saturated carbocycles. The van der Waals surface area contributed by atoms with Crippen molar-refractivity contribution in [3.63, 3.8) is 0 Å². The minimum atomic E-state index is -3.99. The number of nitrogens with one attached hydrogen (secondary N) is 1. The Balaban J connectivity index is 1.71. The summed E-state index contributed by atoms with van der Waals surface area (Å²) in [4.78, 5) is 21.7. The van der Waals surface area contributed by atoms with Crippen LogP contribution in [-0.4, -0.2) is 29.7 Å². The minimum absolute atomic E-state index is 0.0499. The topological polar surface area (TPSA) is 124 Å². The van der Waals surface area contributed by atoms with Crippen molar-refractivity contribution in [2.24, 2.45) is 0 Å². The molecule has 0 atom stereocenters. The monoisotopic (exact) mass is 398 g/mol. The van der Waals surface area contributed by atoms with Crippen LogP contribution in [0, 0.1) is 10.1 Å². The van der Waals surface area contributed by atoms with Crippen molar-refractivity contribution < 1.29 is 13.3 Å². The maximum absolute atomic E-state index is 12.3. The summed E-state index contributed by atoms with van der Waals surface area (Å²) in [5.74, 6) is 0.369. The van der Waals surface area contributed by atoms with E-state index in [1.165, 1.54) is 16.8 Å². The molecule has 1 N–H and O–H groups in total. The lowest BCUT2D eigenvalue weighted by Crippen LogP contribution is -2.32. The first-order valence-electron chi connectivity index (χ1n) is 7.79. The second-order valence-electron chi connectivity index (χ2n) is 5.86. The molecule has 1 heterocycles. The molecule has 1 aliphatic carbocycles. The van der Waals surface area contributed by atoms with Crippen molar-refractivity contribution in [1.29, 1.82) is 0 Å². The molecule has 1 aromatic heterocycles. The molecule has 0 bridgehead atoms. The quantitative estimate of drug-likeness (QED) is 0.558. The summed E-state index contributed by atoms with van der Waals surface area (Å²) in [5.41, 5.74) is 0.000995. The van der Waals surface area contributed by atoms with Gasteiger partial charge in [0.05, 0.1) is 22.1 Å². The van der Waals surface area contributed by atoms with Gasteiger partial charge in [-0.25, -0.2) is 17.8 Å². The molecule has 0 saturated heterocycles. The van der Waals surface area contributed by atoms with E-state index in [-0.39, 0.29) is 28.6 Å². The number of rotatable bonds is 7. The predicted molar refractivity (Wildman–Crippen MR) is 93.8 cm³/mol. The predicted octanol–water partition coefficient (Wildman–Crippen LogP) is 1.66. The van der Waals surface area contributed by atoms with E-state index in [0.717, 1.165) is 30.7 Å². The van der Waals surface area contributed by atoms with Gasteiger partial charge in [-0.15, -0.1) is 0 Å². The van der Waals surface area contributed by atoms with E-state index >= 15 is 0 Å². The summed E-state index contributed by atoms with van der Waals surface area (Å²) in [7, 11) is -3.99. The fraction of sp³-hybridized carbons (Fsp3) is 0.333. The highest BCUT2D eigenvalue weighted by atomic mass is 35.5. The number of hydrogen-bond donors (Lipinski definition) is 1. The molecular weight excluding hydrogens is 384 g/mol. The molecule has 3 rings (SSSR count). The Morgan fingerprint density at radius 3 is 2.69 bits per heavy atom. The van der Waals surface area contributed by atoms with E-state index in [0.29, 0.717) is 5.92 Å². The van der Waals surface area contributed by atoms with E-state index in [4.69, 9.17) is 11.6 Å². The number of halogens is 1. The van der Waals surface area contributed by atoms with Crippen molar-refractivity contribution in [3.8, 4) is 0 Å². The maximum atomic E-state index is 12.3. The van der Waals surface area contributed by atoms with Crippen LogP contribution >= 0.6 is 11.6 Å². The Kier molecular flexibility index (Phi) is 5.08. The van der Waals surface area contributed by atoms with Crippen molar-refractivity contribution in [1.82, 2.24) is 14.5 Å². The van der Waals surface area contributed by atoms with Crippen LogP contribution in [0.4, 0.5) is 5.69 Å². The van der Waals surface area contributed by atoms with Gasteiger partial charge >= 0.3 is 0 Å².